The maximum Gasteiger partial charge on any atom is 0.233 e. The Balaban J connectivity index is 1.90. The van der Waals surface area contributed by atoms with Crippen LogP contribution in [0.3, 0.4) is 0 Å². The van der Waals surface area contributed by atoms with Crippen LogP contribution in [-0.2, 0) is 4.79 Å². The van der Waals surface area contributed by atoms with E-state index in [1.54, 1.807) is 0 Å². The number of aliphatic hydroxyl groups is 1. The summed E-state index contributed by atoms with van der Waals surface area (Å²) in [4.78, 5) is 15.2. The Morgan fingerprint density at radius 2 is 2.05 bits per heavy atom. The summed E-state index contributed by atoms with van der Waals surface area (Å²) in [6.45, 7) is 0.836. The molecule has 1 aliphatic rings. The van der Waals surface area contributed by atoms with E-state index in [0.29, 0.717) is 10.8 Å². The van der Waals surface area contributed by atoms with Gasteiger partial charge in [-0.2, -0.15) is 0 Å². The van der Waals surface area contributed by atoms with Crippen molar-refractivity contribution in [3.05, 3.63) is 29.3 Å². The summed E-state index contributed by atoms with van der Waals surface area (Å²) < 4.78 is 0. The fraction of sp³-hybridized carbons (Fsp3) is 0.533. The van der Waals surface area contributed by atoms with Crippen LogP contribution in [0.15, 0.2) is 29.2 Å². The Morgan fingerprint density at radius 3 is 2.75 bits per heavy atom. The van der Waals surface area contributed by atoms with E-state index < -0.39 is 0 Å². The number of carbonyl (C=O) groups excluding carboxylic acids is 1. The van der Waals surface area contributed by atoms with Gasteiger partial charge in [0, 0.05) is 16.5 Å². The molecule has 0 aliphatic carbocycles. The summed E-state index contributed by atoms with van der Waals surface area (Å²) in [6, 6.07) is 7.50. The molecule has 1 aromatic carbocycles. The van der Waals surface area contributed by atoms with Gasteiger partial charge >= 0.3 is 0 Å². The molecular weight excluding hydrogens is 294 g/mol. The van der Waals surface area contributed by atoms with Crippen LogP contribution in [0.5, 0.6) is 0 Å². The first-order valence-corrected chi connectivity index (χ1v) is 8.36. The number of halogens is 1. The van der Waals surface area contributed by atoms with Gasteiger partial charge in [-0.05, 0) is 37.1 Å². The summed E-state index contributed by atoms with van der Waals surface area (Å²) in [5.41, 5.74) is 0. The van der Waals surface area contributed by atoms with Gasteiger partial charge in [-0.15, -0.1) is 11.8 Å². The largest absolute Gasteiger partial charge is 0.394 e. The van der Waals surface area contributed by atoms with E-state index in [1.807, 2.05) is 29.2 Å². The third-order valence-corrected chi connectivity index (χ3v) is 4.83. The van der Waals surface area contributed by atoms with Gasteiger partial charge in [0.25, 0.3) is 0 Å². The Hall–Kier alpha value is -0.710. The SMILES string of the molecule is O=C(CSc1ccc(Cl)cc1)N1CCCCCC1CO. The molecule has 5 heteroatoms. The van der Waals surface area contributed by atoms with Gasteiger partial charge in [-0.1, -0.05) is 24.4 Å². The van der Waals surface area contributed by atoms with Crippen LogP contribution in [0.1, 0.15) is 25.7 Å². The van der Waals surface area contributed by atoms with E-state index in [4.69, 9.17) is 11.6 Å². The first-order chi connectivity index (χ1) is 9.70. The molecule has 0 aromatic heterocycles. The second kappa shape index (κ2) is 7.91. The average Bonchev–Trinajstić information content (AvgIpc) is 2.71. The Bertz CT molecular complexity index is 438. The molecule has 0 spiro atoms. The number of rotatable bonds is 4. The van der Waals surface area contributed by atoms with Crippen LogP contribution in [0.4, 0.5) is 0 Å². The third kappa shape index (κ3) is 4.40. The van der Waals surface area contributed by atoms with Gasteiger partial charge in [0.1, 0.15) is 0 Å². The third-order valence-electron chi connectivity index (χ3n) is 3.58. The number of hydrogen-bond donors (Lipinski definition) is 1. The van der Waals surface area contributed by atoms with Crippen molar-refractivity contribution < 1.29 is 9.90 Å². The number of likely N-dealkylation sites (tertiary alicyclic amines) is 1. The van der Waals surface area contributed by atoms with Crippen molar-refractivity contribution in [1.29, 1.82) is 0 Å². The van der Waals surface area contributed by atoms with Crippen molar-refractivity contribution in [3.63, 3.8) is 0 Å². The van der Waals surface area contributed by atoms with E-state index in [9.17, 15) is 9.90 Å². The maximum absolute atomic E-state index is 12.3. The summed E-state index contributed by atoms with van der Waals surface area (Å²) in [7, 11) is 0. The standard InChI is InChI=1S/C15H20ClNO2S/c16-12-5-7-14(8-6-12)20-11-15(19)17-9-3-1-2-4-13(17)10-18/h5-8,13,18H,1-4,9-11H2. The number of carbonyl (C=O) groups is 1. The van der Waals surface area contributed by atoms with E-state index in [1.165, 1.54) is 11.8 Å². The fourth-order valence-corrected chi connectivity index (χ4v) is 3.36. The summed E-state index contributed by atoms with van der Waals surface area (Å²) in [5.74, 6) is 0.531. The van der Waals surface area contributed by atoms with Crippen molar-refractivity contribution in [2.45, 2.75) is 36.6 Å². The number of thioether (sulfide) groups is 1. The molecule has 0 radical (unpaired) electrons. The molecule has 1 unspecified atom stereocenters. The van der Waals surface area contributed by atoms with E-state index in [2.05, 4.69) is 0 Å². The monoisotopic (exact) mass is 313 g/mol. The Morgan fingerprint density at radius 1 is 1.30 bits per heavy atom. The van der Waals surface area contributed by atoms with Crippen LogP contribution in [0, 0.1) is 0 Å². The van der Waals surface area contributed by atoms with E-state index >= 15 is 0 Å². The average molecular weight is 314 g/mol. The minimum atomic E-state index is -0.00387. The molecule has 0 saturated carbocycles. The van der Waals surface area contributed by atoms with E-state index in [0.717, 1.165) is 37.1 Å². The van der Waals surface area contributed by atoms with Gasteiger partial charge in [-0.3, -0.25) is 4.79 Å². The molecule has 1 saturated heterocycles. The molecule has 3 nitrogen and oxygen atoms in total. The van der Waals surface area contributed by atoms with Gasteiger partial charge in [0.05, 0.1) is 18.4 Å². The number of nitrogens with zero attached hydrogens (tertiary/aromatic N) is 1. The molecule has 1 fully saturated rings. The lowest BCUT2D eigenvalue weighted by Crippen LogP contribution is -2.43. The summed E-state index contributed by atoms with van der Waals surface area (Å²) >= 11 is 7.36. The topological polar surface area (TPSA) is 40.5 Å². The molecule has 0 bridgehead atoms. The minimum Gasteiger partial charge on any atom is -0.394 e. The van der Waals surface area contributed by atoms with Gasteiger partial charge in [0.2, 0.25) is 5.91 Å². The highest BCUT2D eigenvalue weighted by atomic mass is 35.5. The van der Waals surface area contributed by atoms with Crippen LogP contribution in [0.2, 0.25) is 5.02 Å². The Kier molecular flexibility index (Phi) is 6.20. The highest BCUT2D eigenvalue weighted by Crippen LogP contribution is 2.23. The number of amides is 1. The predicted octanol–water partition coefficient (Wildman–Crippen LogP) is 3.20. The summed E-state index contributed by atoms with van der Waals surface area (Å²) in [5, 5.41) is 10.1. The smallest absolute Gasteiger partial charge is 0.233 e. The quantitative estimate of drug-likeness (QED) is 0.868. The van der Waals surface area contributed by atoms with Gasteiger partial charge in [0.15, 0.2) is 0 Å². The first kappa shape index (κ1) is 15.7. The fourth-order valence-electron chi connectivity index (χ4n) is 2.45. The van der Waals surface area contributed by atoms with Crippen molar-refractivity contribution in [2.75, 3.05) is 18.9 Å². The predicted molar refractivity (Wildman–Crippen MR) is 83.2 cm³/mol. The molecule has 1 aliphatic heterocycles. The van der Waals surface area contributed by atoms with Crippen molar-refractivity contribution >= 4 is 29.3 Å². The zero-order valence-corrected chi connectivity index (χ0v) is 13.0. The number of aliphatic hydroxyl groups excluding tert-OH is 1. The summed E-state index contributed by atoms with van der Waals surface area (Å²) in [6.07, 6.45) is 4.19. The van der Waals surface area contributed by atoms with Crippen LogP contribution in [-0.4, -0.2) is 40.9 Å². The maximum atomic E-state index is 12.3. The molecule has 1 heterocycles. The molecule has 110 valence electrons. The first-order valence-electron chi connectivity index (χ1n) is 6.99. The highest BCUT2D eigenvalue weighted by Gasteiger charge is 2.24. The zero-order chi connectivity index (χ0) is 14.4. The number of benzene rings is 1. The second-order valence-corrected chi connectivity index (χ2v) is 6.50. The van der Waals surface area contributed by atoms with E-state index in [-0.39, 0.29) is 18.6 Å². The lowest BCUT2D eigenvalue weighted by Gasteiger charge is -2.28. The number of hydrogen-bond acceptors (Lipinski definition) is 3. The van der Waals surface area contributed by atoms with Crippen molar-refractivity contribution in [3.8, 4) is 0 Å². The van der Waals surface area contributed by atoms with Gasteiger partial charge in [-0.25, -0.2) is 0 Å². The highest BCUT2D eigenvalue weighted by molar-refractivity contribution is 8.00. The van der Waals surface area contributed by atoms with Crippen molar-refractivity contribution in [2.24, 2.45) is 0 Å². The molecule has 1 N–H and O–H groups in total. The molecule has 1 aromatic rings. The zero-order valence-electron chi connectivity index (χ0n) is 11.4. The van der Waals surface area contributed by atoms with Gasteiger partial charge < -0.3 is 10.0 Å². The van der Waals surface area contributed by atoms with Crippen LogP contribution >= 0.6 is 23.4 Å². The van der Waals surface area contributed by atoms with Crippen LogP contribution < -0.4 is 0 Å². The molecular formula is C15H20ClNO2S. The van der Waals surface area contributed by atoms with Crippen molar-refractivity contribution in [1.82, 2.24) is 4.90 Å². The normalized spacial score (nSPS) is 19.7. The molecule has 2 rings (SSSR count). The minimum absolute atomic E-state index is 0.00387. The molecule has 20 heavy (non-hydrogen) atoms. The lowest BCUT2D eigenvalue weighted by atomic mass is 10.1. The molecule has 1 atom stereocenters. The second-order valence-electron chi connectivity index (χ2n) is 5.02. The lowest BCUT2D eigenvalue weighted by molar-refractivity contribution is -0.131. The van der Waals surface area contributed by atoms with Crippen LogP contribution in [0.25, 0.3) is 0 Å². The Labute approximate surface area is 129 Å². The molecule has 1 amide bonds.